The average Bonchev–Trinajstić information content (AvgIpc) is 3.01. The first-order chi connectivity index (χ1) is 9.56. The number of carbonyl (C=O) groups excluding carboxylic acids is 1. The van der Waals surface area contributed by atoms with Crippen molar-refractivity contribution in [2.45, 2.75) is 12.2 Å². The zero-order valence-corrected chi connectivity index (χ0v) is 11.9. The predicted molar refractivity (Wildman–Crippen MR) is 75.2 cm³/mol. The number of benzene rings is 1. The van der Waals surface area contributed by atoms with Gasteiger partial charge in [-0.2, -0.15) is 0 Å². The SMILES string of the molecule is O=C(O)[C@@H]1[C@H](C(=O)Nc2ccc(Br)cc2)[C@H]2C=C[C@@H]1O2. The summed E-state index contributed by atoms with van der Waals surface area (Å²) < 4.78 is 6.38. The Labute approximate surface area is 123 Å². The molecule has 4 atom stereocenters. The van der Waals surface area contributed by atoms with Gasteiger partial charge in [0.05, 0.1) is 18.1 Å². The van der Waals surface area contributed by atoms with Crippen LogP contribution in [0.1, 0.15) is 0 Å². The topological polar surface area (TPSA) is 75.6 Å². The highest BCUT2D eigenvalue weighted by Crippen LogP contribution is 2.39. The van der Waals surface area contributed by atoms with Crippen LogP contribution in [0.4, 0.5) is 5.69 Å². The third kappa shape index (κ3) is 2.25. The minimum absolute atomic E-state index is 0.323. The van der Waals surface area contributed by atoms with Crippen molar-refractivity contribution in [2.24, 2.45) is 11.8 Å². The number of nitrogens with one attached hydrogen (secondary N) is 1. The summed E-state index contributed by atoms with van der Waals surface area (Å²) in [6.45, 7) is 0. The Kier molecular flexibility index (Phi) is 3.35. The number of hydrogen-bond donors (Lipinski definition) is 2. The summed E-state index contributed by atoms with van der Waals surface area (Å²) in [5.41, 5.74) is 0.633. The zero-order chi connectivity index (χ0) is 14.3. The highest BCUT2D eigenvalue weighted by atomic mass is 79.9. The number of halogens is 1. The maximum absolute atomic E-state index is 12.3. The number of carbonyl (C=O) groups is 2. The Morgan fingerprint density at radius 3 is 2.30 bits per heavy atom. The molecule has 3 rings (SSSR count). The fourth-order valence-corrected chi connectivity index (χ4v) is 2.94. The van der Waals surface area contributed by atoms with E-state index in [0.29, 0.717) is 5.69 Å². The second-order valence-electron chi connectivity index (χ2n) is 4.84. The van der Waals surface area contributed by atoms with Crippen LogP contribution in [0.15, 0.2) is 40.9 Å². The van der Waals surface area contributed by atoms with Gasteiger partial charge in [-0.25, -0.2) is 0 Å². The minimum atomic E-state index is -1.00. The van der Waals surface area contributed by atoms with E-state index in [4.69, 9.17) is 4.74 Å². The van der Waals surface area contributed by atoms with Crippen LogP contribution in [-0.2, 0) is 14.3 Å². The second-order valence-corrected chi connectivity index (χ2v) is 5.75. The summed E-state index contributed by atoms with van der Waals surface area (Å²) in [6.07, 6.45) is 2.53. The van der Waals surface area contributed by atoms with E-state index in [1.165, 1.54) is 0 Å². The Hall–Kier alpha value is -1.66. The van der Waals surface area contributed by atoms with E-state index >= 15 is 0 Å². The number of rotatable bonds is 3. The molecule has 20 heavy (non-hydrogen) atoms. The number of carboxylic acid groups (broad SMARTS) is 1. The molecule has 0 saturated carbocycles. The Bertz CT molecular complexity index is 583. The summed E-state index contributed by atoms with van der Waals surface area (Å²) in [5, 5.41) is 12.0. The Morgan fingerprint density at radius 1 is 1.10 bits per heavy atom. The molecule has 1 fully saturated rings. The molecule has 1 aromatic rings. The highest BCUT2D eigenvalue weighted by Gasteiger charge is 2.53. The van der Waals surface area contributed by atoms with Gasteiger partial charge in [0.1, 0.15) is 5.92 Å². The molecule has 1 amide bonds. The van der Waals surface area contributed by atoms with Crippen molar-refractivity contribution in [3.8, 4) is 0 Å². The summed E-state index contributed by atoms with van der Waals surface area (Å²) in [7, 11) is 0. The van der Waals surface area contributed by atoms with Gasteiger partial charge >= 0.3 is 5.97 Å². The van der Waals surface area contributed by atoms with Crippen LogP contribution in [0.5, 0.6) is 0 Å². The summed E-state index contributed by atoms with van der Waals surface area (Å²) in [5.74, 6) is -2.83. The molecule has 2 aliphatic rings. The van der Waals surface area contributed by atoms with E-state index in [1.807, 2.05) is 12.1 Å². The molecule has 104 valence electrons. The molecule has 1 aromatic carbocycles. The number of ether oxygens (including phenoxy) is 1. The van der Waals surface area contributed by atoms with Gasteiger partial charge in [0.15, 0.2) is 0 Å². The van der Waals surface area contributed by atoms with Crippen molar-refractivity contribution >= 4 is 33.5 Å². The smallest absolute Gasteiger partial charge is 0.310 e. The predicted octanol–water partition coefficient (Wildman–Crippen LogP) is 2.04. The van der Waals surface area contributed by atoms with Crippen LogP contribution in [0.3, 0.4) is 0 Å². The fourth-order valence-electron chi connectivity index (χ4n) is 2.67. The number of carboxylic acids is 1. The number of hydrogen-bond acceptors (Lipinski definition) is 3. The Balaban J connectivity index is 1.78. The van der Waals surface area contributed by atoms with E-state index in [0.717, 1.165) is 4.47 Å². The lowest BCUT2D eigenvalue weighted by atomic mass is 9.82. The largest absolute Gasteiger partial charge is 0.481 e. The maximum Gasteiger partial charge on any atom is 0.310 e. The lowest BCUT2D eigenvalue weighted by Crippen LogP contribution is -2.39. The van der Waals surface area contributed by atoms with Crippen LogP contribution in [0, 0.1) is 11.8 Å². The van der Waals surface area contributed by atoms with Crippen molar-refractivity contribution in [1.82, 2.24) is 0 Å². The highest BCUT2D eigenvalue weighted by molar-refractivity contribution is 9.10. The van der Waals surface area contributed by atoms with Crippen LogP contribution < -0.4 is 5.32 Å². The van der Waals surface area contributed by atoms with E-state index in [1.54, 1.807) is 24.3 Å². The molecule has 0 spiro atoms. The van der Waals surface area contributed by atoms with Crippen LogP contribution in [0.2, 0.25) is 0 Å². The van der Waals surface area contributed by atoms with Crippen LogP contribution in [0.25, 0.3) is 0 Å². The van der Waals surface area contributed by atoms with E-state index in [9.17, 15) is 14.7 Å². The standard InChI is InChI=1S/C14H12BrNO4/c15-7-1-3-8(4-2-7)16-13(17)11-9-5-6-10(20-9)12(11)14(18)19/h1-6,9-12H,(H,16,17)(H,18,19)/t9-,10+,11-,12+/m1/s1. The molecule has 2 bridgehead atoms. The first-order valence-electron chi connectivity index (χ1n) is 6.19. The molecule has 0 radical (unpaired) electrons. The van der Waals surface area contributed by atoms with Gasteiger partial charge in [0, 0.05) is 10.2 Å². The molecule has 0 unspecified atom stereocenters. The lowest BCUT2D eigenvalue weighted by molar-refractivity contribution is -0.145. The number of amides is 1. The van der Waals surface area contributed by atoms with Gasteiger partial charge in [0.25, 0.3) is 0 Å². The first kappa shape index (κ1) is 13.3. The van der Waals surface area contributed by atoms with Crippen LogP contribution in [-0.4, -0.2) is 29.2 Å². The normalized spacial score (nSPS) is 30.4. The third-order valence-electron chi connectivity index (χ3n) is 3.60. The summed E-state index contributed by atoms with van der Waals surface area (Å²) >= 11 is 3.31. The quantitative estimate of drug-likeness (QED) is 0.827. The average molecular weight is 338 g/mol. The molecule has 0 aliphatic carbocycles. The number of fused-ring (bicyclic) bond motifs is 2. The molecular weight excluding hydrogens is 326 g/mol. The second kappa shape index (κ2) is 5.03. The monoisotopic (exact) mass is 337 g/mol. The zero-order valence-electron chi connectivity index (χ0n) is 10.3. The fraction of sp³-hybridized carbons (Fsp3) is 0.286. The molecule has 2 N–H and O–H groups in total. The number of aliphatic carboxylic acids is 1. The molecule has 6 heteroatoms. The maximum atomic E-state index is 12.3. The van der Waals surface area contributed by atoms with Crippen LogP contribution >= 0.6 is 15.9 Å². The van der Waals surface area contributed by atoms with E-state index in [2.05, 4.69) is 21.2 Å². The molecule has 2 heterocycles. The molecule has 5 nitrogen and oxygen atoms in total. The van der Waals surface area contributed by atoms with E-state index in [-0.39, 0.29) is 5.91 Å². The number of anilines is 1. The molecular formula is C14H12BrNO4. The summed E-state index contributed by atoms with van der Waals surface area (Å²) in [4.78, 5) is 23.6. The Morgan fingerprint density at radius 2 is 1.70 bits per heavy atom. The van der Waals surface area contributed by atoms with Crippen molar-refractivity contribution in [1.29, 1.82) is 0 Å². The van der Waals surface area contributed by atoms with Crippen molar-refractivity contribution in [3.05, 3.63) is 40.9 Å². The van der Waals surface area contributed by atoms with Gasteiger partial charge in [-0.15, -0.1) is 0 Å². The van der Waals surface area contributed by atoms with Gasteiger partial charge in [-0.1, -0.05) is 28.1 Å². The summed E-state index contributed by atoms with van der Waals surface area (Å²) in [6, 6.07) is 7.12. The van der Waals surface area contributed by atoms with Gasteiger partial charge < -0.3 is 15.2 Å². The van der Waals surface area contributed by atoms with Crippen molar-refractivity contribution in [2.75, 3.05) is 5.32 Å². The van der Waals surface area contributed by atoms with Crippen molar-refractivity contribution in [3.63, 3.8) is 0 Å². The molecule has 2 aliphatic heterocycles. The molecule has 1 saturated heterocycles. The molecule has 0 aromatic heterocycles. The van der Waals surface area contributed by atoms with E-state index < -0.39 is 30.0 Å². The third-order valence-corrected chi connectivity index (χ3v) is 4.13. The van der Waals surface area contributed by atoms with Gasteiger partial charge in [-0.05, 0) is 24.3 Å². The lowest BCUT2D eigenvalue weighted by Gasteiger charge is -2.20. The van der Waals surface area contributed by atoms with Gasteiger partial charge in [0.2, 0.25) is 5.91 Å². The van der Waals surface area contributed by atoms with Gasteiger partial charge in [-0.3, -0.25) is 9.59 Å². The minimum Gasteiger partial charge on any atom is -0.481 e. The first-order valence-corrected chi connectivity index (χ1v) is 6.98. The van der Waals surface area contributed by atoms with Crippen molar-refractivity contribution < 1.29 is 19.4 Å².